The van der Waals surface area contributed by atoms with Crippen molar-refractivity contribution in [2.75, 3.05) is 5.32 Å². The minimum Gasteiger partial charge on any atom is -0.325 e. The second-order valence-electron chi connectivity index (χ2n) is 4.40. The fourth-order valence-electron chi connectivity index (χ4n) is 1.68. The lowest BCUT2D eigenvalue weighted by Gasteiger charge is -2.12. The molecule has 0 aliphatic rings. The number of carbonyl (C=O) groups excluding carboxylic acids is 1. The molecule has 21 heavy (non-hydrogen) atoms. The van der Waals surface area contributed by atoms with Crippen LogP contribution in [0.2, 0.25) is 0 Å². The van der Waals surface area contributed by atoms with Gasteiger partial charge >= 0.3 is 0 Å². The van der Waals surface area contributed by atoms with Gasteiger partial charge in [0.15, 0.2) is 0 Å². The maximum absolute atomic E-state index is 12.2. The zero-order chi connectivity index (χ0) is 15.2. The van der Waals surface area contributed by atoms with E-state index in [9.17, 15) is 4.79 Å². The van der Waals surface area contributed by atoms with Gasteiger partial charge in [-0.25, -0.2) is 0 Å². The number of thioether (sulfide) groups is 1. The summed E-state index contributed by atoms with van der Waals surface area (Å²) in [6.07, 6.45) is 0. The maximum atomic E-state index is 12.2. The van der Waals surface area contributed by atoms with E-state index in [0.29, 0.717) is 11.3 Å². The summed E-state index contributed by atoms with van der Waals surface area (Å²) in [5, 5.41) is 11.5. The molecule has 0 fully saturated rings. The molecule has 1 amide bonds. The minimum atomic E-state index is -0.225. The van der Waals surface area contributed by atoms with Crippen molar-refractivity contribution in [1.29, 1.82) is 5.26 Å². The zero-order valence-corrected chi connectivity index (χ0v) is 13.7. The van der Waals surface area contributed by atoms with Crippen molar-refractivity contribution in [2.24, 2.45) is 0 Å². The second kappa shape index (κ2) is 7.30. The normalized spacial score (nSPS) is 11.5. The summed E-state index contributed by atoms with van der Waals surface area (Å²) in [5.41, 5.74) is 1.17. The standard InChI is InChI=1S/C16H13BrN2OS/c1-11(21-15-7-5-13(17)6-8-15)16(20)19-14-4-2-3-12(9-14)10-18/h2-9,11H,1H3,(H,19,20)/t11-/m1/s1. The third-order valence-corrected chi connectivity index (χ3v) is 4.40. The Kier molecular flexibility index (Phi) is 5.43. The van der Waals surface area contributed by atoms with Gasteiger partial charge in [-0.3, -0.25) is 4.79 Å². The number of benzene rings is 2. The third-order valence-electron chi connectivity index (χ3n) is 2.75. The molecule has 0 aliphatic heterocycles. The Morgan fingerprint density at radius 2 is 2.00 bits per heavy atom. The van der Waals surface area contributed by atoms with E-state index in [2.05, 4.69) is 27.3 Å². The molecule has 106 valence electrons. The molecule has 0 heterocycles. The van der Waals surface area contributed by atoms with Crippen molar-refractivity contribution >= 4 is 39.3 Å². The van der Waals surface area contributed by atoms with Crippen molar-refractivity contribution in [1.82, 2.24) is 0 Å². The minimum absolute atomic E-state index is 0.0852. The molecule has 1 N–H and O–H groups in total. The molecular weight excluding hydrogens is 348 g/mol. The fourth-order valence-corrected chi connectivity index (χ4v) is 2.81. The van der Waals surface area contributed by atoms with Crippen molar-refractivity contribution in [3.05, 3.63) is 58.6 Å². The summed E-state index contributed by atoms with van der Waals surface area (Å²) < 4.78 is 1.01. The van der Waals surface area contributed by atoms with Gasteiger partial charge in [-0.15, -0.1) is 11.8 Å². The molecule has 1 atom stereocenters. The van der Waals surface area contributed by atoms with Gasteiger partial charge in [0.05, 0.1) is 16.9 Å². The lowest BCUT2D eigenvalue weighted by Crippen LogP contribution is -2.22. The van der Waals surface area contributed by atoms with Crippen LogP contribution >= 0.6 is 27.7 Å². The highest BCUT2D eigenvalue weighted by Gasteiger charge is 2.14. The molecule has 0 aromatic heterocycles. The van der Waals surface area contributed by atoms with Crippen LogP contribution in [0.1, 0.15) is 12.5 Å². The summed E-state index contributed by atoms with van der Waals surface area (Å²) in [7, 11) is 0. The van der Waals surface area contributed by atoms with Crippen LogP contribution in [-0.4, -0.2) is 11.2 Å². The number of hydrogen-bond donors (Lipinski definition) is 1. The Balaban J connectivity index is 1.99. The Bertz CT molecular complexity index is 679. The molecule has 0 saturated carbocycles. The molecule has 0 aliphatic carbocycles. The van der Waals surface area contributed by atoms with Crippen LogP contribution in [-0.2, 0) is 4.79 Å². The number of nitrogens with one attached hydrogen (secondary N) is 1. The molecule has 2 aromatic carbocycles. The van der Waals surface area contributed by atoms with Crippen LogP contribution in [0.4, 0.5) is 5.69 Å². The van der Waals surface area contributed by atoms with Crippen LogP contribution < -0.4 is 5.32 Å². The lowest BCUT2D eigenvalue weighted by molar-refractivity contribution is -0.115. The van der Waals surface area contributed by atoms with E-state index in [0.717, 1.165) is 9.37 Å². The molecule has 5 heteroatoms. The van der Waals surface area contributed by atoms with Gasteiger partial charge in [-0.1, -0.05) is 22.0 Å². The monoisotopic (exact) mass is 360 g/mol. The van der Waals surface area contributed by atoms with E-state index in [4.69, 9.17) is 5.26 Å². The second-order valence-corrected chi connectivity index (χ2v) is 6.73. The zero-order valence-electron chi connectivity index (χ0n) is 11.3. The summed E-state index contributed by atoms with van der Waals surface area (Å²) in [4.78, 5) is 13.2. The number of halogens is 1. The number of anilines is 1. The van der Waals surface area contributed by atoms with Gasteiger partial charge in [-0.2, -0.15) is 5.26 Å². The Morgan fingerprint density at radius 1 is 1.29 bits per heavy atom. The molecule has 0 unspecified atom stereocenters. The fraction of sp³-hybridized carbons (Fsp3) is 0.125. The lowest BCUT2D eigenvalue weighted by atomic mass is 10.2. The molecule has 2 aromatic rings. The molecule has 0 radical (unpaired) electrons. The summed E-state index contributed by atoms with van der Waals surface area (Å²) in [5.74, 6) is -0.0852. The summed E-state index contributed by atoms with van der Waals surface area (Å²) >= 11 is 4.88. The molecule has 3 nitrogen and oxygen atoms in total. The van der Waals surface area contributed by atoms with Crippen molar-refractivity contribution in [3.63, 3.8) is 0 Å². The van der Waals surface area contributed by atoms with Gasteiger partial charge in [-0.05, 0) is 49.4 Å². The van der Waals surface area contributed by atoms with Gasteiger partial charge in [0.1, 0.15) is 0 Å². The molecular formula is C16H13BrN2OS. The third kappa shape index (κ3) is 4.62. The first kappa shape index (κ1) is 15.6. The Hall–Kier alpha value is -1.77. The SMILES string of the molecule is C[C@@H](Sc1ccc(Br)cc1)C(=O)Nc1cccc(C#N)c1. The quantitative estimate of drug-likeness (QED) is 0.819. The molecule has 0 bridgehead atoms. The molecule has 2 rings (SSSR count). The summed E-state index contributed by atoms with van der Waals surface area (Å²) in [6, 6.07) is 16.8. The van der Waals surface area contributed by atoms with Crippen LogP contribution in [0.3, 0.4) is 0 Å². The van der Waals surface area contributed by atoms with E-state index < -0.39 is 0 Å². The van der Waals surface area contributed by atoms with Crippen LogP contribution in [0.25, 0.3) is 0 Å². The van der Waals surface area contributed by atoms with Crippen LogP contribution in [0, 0.1) is 11.3 Å². The number of hydrogen-bond acceptors (Lipinski definition) is 3. The highest BCUT2D eigenvalue weighted by atomic mass is 79.9. The Labute approximate surface area is 136 Å². The first-order valence-electron chi connectivity index (χ1n) is 6.32. The van der Waals surface area contributed by atoms with Gasteiger partial charge < -0.3 is 5.32 Å². The van der Waals surface area contributed by atoms with E-state index in [1.165, 1.54) is 11.8 Å². The van der Waals surface area contributed by atoms with E-state index in [-0.39, 0.29) is 11.2 Å². The predicted molar refractivity (Wildman–Crippen MR) is 89.2 cm³/mol. The topological polar surface area (TPSA) is 52.9 Å². The van der Waals surface area contributed by atoms with E-state index in [1.807, 2.05) is 31.2 Å². The van der Waals surface area contributed by atoms with Crippen molar-refractivity contribution in [2.45, 2.75) is 17.1 Å². The van der Waals surface area contributed by atoms with Crippen molar-refractivity contribution in [3.8, 4) is 6.07 Å². The van der Waals surface area contributed by atoms with E-state index in [1.54, 1.807) is 24.3 Å². The number of amides is 1. The number of rotatable bonds is 4. The average molecular weight is 361 g/mol. The van der Waals surface area contributed by atoms with Crippen LogP contribution in [0.5, 0.6) is 0 Å². The average Bonchev–Trinajstić information content (AvgIpc) is 2.49. The maximum Gasteiger partial charge on any atom is 0.237 e. The Morgan fingerprint density at radius 3 is 2.67 bits per heavy atom. The highest BCUT2D eigenvalue weighted by Crippen LogP contribution is 2.25. The van der Waals surface area contributed by atoms with Gasteiger partial charge in [0.25, 0.3) is 0 Å². The predicted octanol–water partition coefficient (Wildman–Crippen LogP) is 4.44. The summed E-state index contributed by atoms with van der Waals surface area (Å²) in [6.45, 7) is 1.86. The first-order valence-corrected chi connectivity index (χ1v) is 7.99. The van der Waals surface area contributed by atoms with E-state index >= 15 is 0 Å². The van der Waals surface area contributed by atoms with Gasteiger partial charge in [0, 0.05) is 15.1 Å². The smallest absolute Gasteiger partial charge is 0.237 e. The molecule has 0 saturated heterocycles. The number of carbonyl (C=O) groups is 1. The van der Waals surface area contributed by atoms with Crippen molar-refractivity contribution < 1.29 is 4.79 Å². The van der Waals surface area contributed by atoms with Crippen LogP contribution in [0.15, 0.2) is 57.9 Å². The number of nitriles is 1. The van der Waals surface area contributed by atoms with Gasteiger partial charge in [0.2, 0.25) is 5.91 Å². The first-order chi connectivity index (χ1) is 10.1. The largest absolute Gasteiger partial charge is 0.325 e. The molecule has 0 spiro atoms. The number of nitrogens with zero attached hydrogens (tertiary/aromatic N) is 1. The highest BCUT2D eigenvalue weighted by molar-refractivity contribution is 9.10.